The third kappa shape index (κ3) is 3.98. The van der Waals surface area contributed by atoms with E-state index in [0.717, 1.165) is 13.1 Å². The molecule has 3 N–H and O–H groups in total. The molecule has 8 heteroatoms. The molecule has 8 nitrogen and oxygen atoms in total. The van der Waals surface area contributed by atoms with Crippen LogP contribution in [0.15, 0.2) is 6.20 Å². The van der Waals surface area contributed by atoms with Crippen molar-refractivity contribution in [2.45, 2.75) is 12.5 Å². The van der Waals surface area contributed by atoms with Gasteiger partial charge in [-0.2, -0.15) is 0 Å². The fourth-order valence-corrected chi connectivity index (χ4v) is 1.65. The first kappa shape index (κ1) is 13.9. The number of ether oxygens (including phenoxy) is 1. The molecule has 0 saturated carbocycles. The molecule has 1 fully saturated rings. The maximum atomic E-state index is 11.8. The molecule has 0 bridgehead atoms. The highest BCUT2D eigenvalue weighted by atomic mass is 16.5. The fraction of sp³-hybridized carbons (Fsp3) is 0.727. The van der Waals surface area contributed by atoms with Crippen LogP contribution in [0.4, 0.5) is 0 Å². The van der Waals surface area contributed by atoms with E-state index >= 15 is 0 Å². The highest BCUT2D eigenvalue weighted by Gasteiger charge is 2.21. The summed E-state index contributed by atoms with van der Waals surface area (Å²) in [5, 5.41) is 22.2. The Morgan fingerprint density at radius 1 is 1.58 bits per heavy atom. The van der Waals surface area contributed by atoms with Gasteiger partial charge in [0.25, 0.3) is 5.91 Å². The fourth-order valence-electron chi connectivity index (χ4n) is 1.65. The van der Waals surface area contributed by atoms with Gasteiger partial charge in [0, 0.05) is 26.2 Å². The lowest BCUT2D eigenvalue weighted by Crippen LogP contribution is -2.43. The summed E-state index contributed by atoms with van der Waals surface area (Å²) in [5.41, 5.74) is 0.336. The molecule has 19 heavy (non-hydrogen) atoms. The smallest absolute Gasteiger partial charge is 0.273 e. The Morgan fingerprint density at radius 2 is 2.42 bits per heavy atom. The molecule has 1 aliphatic heterocycles. The van der Waals surface area contributed by atoms with Crippen LogP contribution in [0.25, 0.3) is 0 Å². The number of carbonyl (C=O) groups excluding carboxylic acids is 1. The average Bonchev–Trinajstić information content (AvgIpc) is 2.80. The van der Waals surface area contributed by atoms with Gasteiger partial charge in [0.05, 0.1) is 25.5 Å². The SMILES string of the molecule is O=C(NCCCOCCO)c1cn(C2CNC2)nn1. The van der Waals surface area contributed by atoms with Gasteiger partial charge >= 0.3 is 0 Å². The zero-order valence-corrected chi connectivity index (χ0v) is 10.7. The van der Waals surface area contributed by atoms with E-state index in [9.17, 15) is 4.79 Å². The summed E-state index contributed by atoms with van der Waals surface area (Å²) in [7, 11) is 0. The summed E-state index contributed by atoms with van der Waals surface area (Å²) in [6.45, 7) is 3.12. The molecule has 1 aromatic heterocycles. The number of hydrogen-bond donors (Lipinski definition) is 3. The number of rotatable bonds is 8. The van der Waals surface area contributed by atoms with Gasteiger partial charge in [-0.15, -0.1) is 5.10 Å². The summed E-state index contributed by atoms with van der Waals surface area (Å²) in [6, 6.07) is 0.306. The number of aromatic nitrogens is 3. The van der Waals surface area contributed by atoms with Crippen LogP contribution in [-0.4, -0.2) is 65.5 Å². The number of nitrogens with zero attached hydrogens (tertiary/aromatic N) is 3. The quantitative estimate of drug-likeness (QED) is 0.499. The van der Waals surface area contributed by atoms with Crippen LogP contribution >= 0.6 is 0 Å². The minimum Gasteiger partial charge on any atom is -0.394 e. The third-order valence-corrected chi connectivity index (χ3v) is 2.86. The van der Waals surface area contributed by atoms with E-state index in [1.165, 1.54) is 0 Å². The van der Waals surface area contributed by atoms with Gasteiger partial charge in [0.2, 0.25) is 0 Å². The molecule has 0 radical (unpaired) electrons. The molecule has 1 aliphatic rings. The molecule has 0 unspecified atom stereocenters. The second kappa shape index (κ2) is 7.17. The predicted molar refractivity (Wildman–Crippen MR) is 66.8 cm³/mol. The van der Waals surface area contributed by atoms with Crippen molar-refractivity contribution in [3.8, 4) is 0 Å². The number of amides is 1. The molecular weight excluding hydrogens is 250 g/mol. The maximum absolute atomic E-state index is 11.8. The number of aliphatic hydroxyl groups is 1. The monoisotopic (exact) mass is 269 g/mol. The van der Waals surface area contributed by atoms with Gasteiger partial charge in [0.15, 0.2) is 5.69 Å². The number of nitrogens with one attached hydrogen (secondary N) is 2. The van der Waals surface area contributed by atoms with Crippen LogP contribution in [0, 0.1) is 0 Å². The second-order valence-electron chi connectivity index (χ2n) is 4.34. The lowest BCUT2D eigenvalue weighted by Gasteiger charge is -2.26. The molecule has 0 aliphatic carbocycles. The molecule has 0 spiro atoms. The zero-order valence-electron chi connectivity index (χ0n) is 10.7. The highest BCUT2D eigenvalue weighted by Crippen LogP contribution is 2.09. The first-order chi connectivity index (χ1) is 9.31. The largest absolute Gasteiger partial charge is 0.394 e. The molecular formula is C11H19N5O3. The van der Waals surface area contributed by atoms with Gasteiger partial charge < -0.3 is 20.5 Å². The van der Waals surface area contributed by atoms with E-state index in [0.29, 0.717) is 37.9 Å². The standard InChI is InChI=1S/C11H19N5O3/c17-3-5-19-4-1-2-13-11(18)10-8-16(15-14-10)9-6-12-7-9/h8-9,12,17H,1-7H2,(H,13,18). The van der Waals surface area contributed by atoms with Crippen molar-refractivity contribution in [1.82, 2.24) is 25.6 Å². The summed E-state index contributed by atoms with van der Waals surface area (Å²) < 4.78 is 6.81. The van der Waals surface area contributed by atoms with Gasteiger partial charge in [-0.3, -0.25) is 4.79 Å². The van der Waals surface area contributed by atoms with Crippen molar-refractivity contribution in [3.63, 3.8) is 0 Å². The lowest BCUT2D eigenvalue weighted by molar-refractivity contribution is 0.0865. The molecule has 1 saturated heterocycles. The Balaban J connectivity index is 1.66. The summed E-state index contributed by atoms with van der Waals surface area (Å²) in [5.74, 6) is -0.222. The van der Waals surface area contributed by atoms with Crippen LogP contribution in [0.5, 0.6) is 0 Å². The minimum absolute atomic E-state index is 0.0193. The topological polar surface area (TPSA) is 101 Å². The second-order valence-corrected chi connectivity index (χ2v) is 4.34. The average molecular weight is 269 g/mol. The maximum Gasteiger partial charge on any atom is 0.273 e. The van der Waals surface area contributed by atoms with Crippen molar-refractivity contribution >= 4 is 5.91 Å². The zero-order chi connectivity index (χ0) is 13.5. The van der Waals surface area contributed by atoms with Crippen molar-refractivity contribution < 1.29 is 14.6 Å². The van der Waals surface area contributed by atoms with Gasteiger partial charge in [-0.05, 0) is 6.42 Å². The van der Waals surface area contributed by atoms with Gasteiger partial charge in [-0.25, -0.2) is 4.68 Å². The molecule has 1 aromatic rings. The van der Waals surface area contributed by atoms with E-state index in [2.05, 4.69) is 20.9 Å². The molecule has 2 heterocycles. The van der Waals surface area contributed by atoms with Crippen LogP contribution in [0.1, 0.15) is 23.0 Å². The van der Waals surface area contributed by atoms with E-state index in [-0.39, 0.29) is 12.5 Å². The van der Waals surface area contributed by atoms with Crippen LogP contribution in [0.3, 0.4) is 0 Å². The lowest BCUT2D eigenvalue weighted by atomic mass is 10.2. The number of aliphatic hydroxyl groups excluding tert-OH is 1. The molecule has 2 rings (SSSR count). The van der Waals surface area contributed by atoms with E-state index < -0.39 is 0 Å². The predicted octanol–water partition coefficient (Wildman–Crippen LogP) is -1.45. The van der Waals surface area contributed by atoms with Crippen LogP contribution in [0.2, 0.25) is 0 Å². The summed E-state index contributed by atoms with van der Waals surface area (Å²) in [6.07, 6.45) is 2.37. The van der Waals surface area contributed by atoms with Gasteiger partial charge in [0.1, 0.15) is 0 Å². The van der Waals surface area contributed by atoms with Crippen molar-refractivity contribution in [2.75, 3.05) is 39.5 Å². The van der Waals surface area contributed by atoms with Crippen LogP contribution in [-0.2, 0) is 4.74 Å². The molecule has 0 aromatic carbocycles. The Labute approximate surface area is 111 Å². The van der Waals surface area contributed by atoms with Crippen molar-refractivity contribution in [2.24, 2.45) is 0 Å². The van der Waals surface area contributed by atoms with E-state index in [1.54, 1.807) is 10.9 Å². The Kier molecular flexibility index (Phi) is 5.25. The minimum atomic E-state index is -0.222. The summed E-state index contributed by atoms with van der Waals surface area (Å²) >= 11 is 0. The van der Waals surface area contributed by atoms with Crippen molar-refractivity contribution in [1.29, 1.82) is 0 Å². The first-order valence-corrected chi connectivity index (χ1v) is 6.40. The van der Waals surface area contributed by atoms with Crippen LogP contribution < -0.4 is 10.6 Å². The normalized spacial score (nSPS) is 15.2. The van der Waals surface area contributed by atoms with E-state index in [4.69, 9.17) is 9.84 Å². The number of carbonyl (C=O) groups is 1. The highest BCUT2D eigenvalue weighted by molar-refractivity contribution is 5.91. The molecule has 1 amide bonds. The third-order valence-electron chi connectivity index (χ3n) is 2.86. The number of hydrogen-bond acceptors (Lipinski definition) is 6. The Bertz CT molecular complexity index is 405. The molecule has 106 valence electrons. The van der Waals surface area contributed by atoms with E-state index in [1.807, 2.05) is 0 Å². The Hall–Kier alpha value is -1.51. The first-order valence-electron chi connectivity index (χ1n) is 6.40. The van der Waals surface area contributed by atoms with Crippen molar-refractivity contribution in [3.05, 3.63) is 11.9 Å². The summed E-state index contributed by atoms with van der Waals surface area (Å²) in [4.78, 5) is 11.8. The van der Waals surface area contributed by atoms with Gasteiger partial charge in [-0.1, -0.05) is 5.21 Å². The molecule has 0 atom stereocenters. The Morgan fingerprint density at radius 3 is 3.11 bits per heavy atom.